The van der Waals surface area contributed by atoms with E-state index in [0.717, 1.165) is 64.3 Å². The maximum atomic E-state index is 13.8. The first-order valence-electron chi connectivity index (χ1n) is 13.2. The van der Waals surface area contributed by atoms with E-state index in [-0.39, 0.29) is 30.0 Å². The summed E-state index contributed by atoms with van der Waals surface area (Å²) in [6, 6.07) is 17.0. The van der Waals surface area contributed by atoms with Gasteiger partial charge in [-0.1, -0.05) is 18.2 Å². The first kappa shape index (κ1) is 28.6. The summed E-state index contributed by atoms with van der Waals surface area (Å²) in [4.78, 5) is 24.9. The van der Waals surface area contributed by atoms with Gasteiger partial charge < -0.3 is 25.8 Å². The number of nitrogen functional groups attached to an aromatic ring is 1. The van der Waals surface area contributed by atoms with Crippen LogP contribution in [0.2, 0.25) is 0 Å². The summed E-state index contributed by atoms with van der Waals surface area (Å²) < 4.78 is 15.0. The number of hydrogen-bond acceptors (Lipinski definition) is 8. The SMILES string of the molecule is Cl.NCCCOCCCN1CCC(n2c(=O)n(-c3ccc(Oc4ccccc4)cc3)c3c(N)ncnc32)CC1. The topological polar surface area (TPSA) is 126 Å². The number of nitrogens with zero attached hydrogens (tertiary/aromatic N) is 5. The minimum Gasteiger partial charge on any atom is -0.457 e. The maximum absolute atomic E-state index is 13.8. The van der Waals surface area contributed by atoms with Crippen LogP contribution in [0.15, 0.2) is 65.7 Å². The standard InChI is InChI=1S/C28H35N7O3.ClH/c29-14-4-18-37-19-5-15-33-16-12-22(13-17-33)35-27-25(26(30)31-20-32-27)34(28(35)36)21-8-10-24(11-9-21)38-23-6-2-1-3-7-23;/h1-3,6-11,20,22H,4-5,12-19,29H2,(H2,30,31,32);1H. The minimum atomic E-state index is -0.157. The molecule has 3 heterocycles. The molecule has 1 aliphatic heterocycles. The predicted molar refractivity (Wildman–Crippen MR) is 155 cm³/mol. The van der Waals surface area contributed by atoms with Crippen molar-refractivity contribution >= 4 is 29.4 Å². The fourth-order valence-electron chi connectivity index (χ4n) is 5.00. The molecule has 0 saturated carbocycles. The number of ether oxygens (including phenoxy) is 2. The molecule has 0 bridgehead atoms. The van der Waals surface area contributed by atoms with Gasteiger partial charge in [-0.15, -0.1) is 12.4 Å². The lowest BCUT2D eigenvalue weighted by Crippen LogP contribution is -2.38. The van der Waals surface area contributed by atoms with Gasteiger partial charge in [0.15, 0.2) is 11.5 Å². The second kappa shape index (κ2) is 13.6. The quantitative estimate of drug-likeness (QED) is 0.269. The second-order valence-electron chi connectivity index (χ2n) is 9.51. The smallest absolute Gasteiger partial charge is 0.335 e. The molecule has 0 atom stereocenters. The molecule has 5 rings (SSSR count). The Morgan fingerprint density at radius 1 is 0.923 bits per heavy atom. The average Bonchev–Trinajstić information content (AvgIpc) is 3.25. The number of halogens is 1. The maximum Gasteiger partial charge on any atom is 0.335 e. The van der Waals surface area contributed by atoms with Crippen LogP contribution in [-0.2, 0) is 4.74 Å². The van der Waals surface area contributed by atoms with Crippen molar-refractivity contribution in [3.63, 3.8) is 0 Å². The lowest BCUT2D eigenvalue weighted by molar-refractivity contribution is 0.111. The first-order chi connectivity index (χ1) is 18.7. The summed E-state index contributed by atoms with van der Waals surface area (Å²) in [6.07, 6.45) is 5.03. The molecule has 1 saturated heterocycles. The number of hydrogen-bond donors (Lipinski definition) is 2. The van der Waals surface area contributed by atoms with E-state index >= 15 is 0 Å². The van der Waals surface area contributed by atoms with Crippen molar-refractivity contribution < 1.29 is 9.47 Å². The van der Waals surface area contributed by atoms with E-state index in [0.29, 0.717) is 29.1 Å². The Hall–Kier alpha value is -3.44. The third-order valence-corrected chi connectivity index (χ3v) is 6.93. The lowest BCUT2D eigenvalue weighted by atomic mass is 10.0. The molecule has 0 amide bonds. The van der Waals surface area contributed by atoms with Crippen molar-refractivity contribution in [1.29, 1.82) is 0 Å². The number of aromatic nitrogens is 4. The summed E-state index contributed by atoms with van der Waals surface area (Å²) in [7, 11) is 0. The molecule has 4 aromatic rings. The summed E-state index contributed by atoms with van der Waals surface area (Å²) in [5.74, 6) is 1.71. The molecule has 2 aromatic carbocycles. The van der Waals surface area contributed by atoms with Crippen LogP contribution in [0.1, 0.15) is 31.7 Å². The van der Waals surface area contributed by atoms with E-state index in [4.69, 9.17) is 20.9 Å². The zero-order valence-corrected chi connectivity index (χ0v) is 22.8. The Morgan fingerprint density at radius 3 is 2.33 bits per heavy atom. The van der Waals surface area contributed by atoms with Gasteiger partial charge in [0.1, 0.15) is 23.3 Å². The number of nitrogens with two attached hydrogens (primary N) is 2. The molecule has 10 nitrogen and oxygen atoms in total. The summed E-state index contributed by atoms with van der Waals surface area (Å²) in [6.45, 7) is 4.95. The molecule has 0 radical (unpaired) electrons. The van der Waals surface area contributed by atoms with Crippen LogP contribution in [0, 0.1) is 0 Å². The highest BCUT2D eigenvalue weighted by molar-refractivity contribution is 5.85. The van der Waals surface area contributed by atoms with E-state index in [9.17, 15) is 4.79 Å². The average molecular weight is 554 g/mol. The fourth-order valence-corrected chi connectivity index (χ4v) is 5.00. The van der Waals surface area contributed by atoms with Gasteiger partial charge in [-0.05, 0) is 68.6 Å². The van der Waals surface area contributed by atoms with E-state index in [2.05, 4.69) is 14.9 Å². The molecular weight excluding hydrogens is 518 g/mol. The van der Waals surface area contributed by atoms with Crippen molar-refractivity contribution in [3.8, 4) is 17.2 Å². The van der Waals surface area contributed by atoms with Gasteiger partial charge in [0, 0.05) is 38.9 Å². The van der Waals surface area contributed by atoms with Crippen LogP contribution in [0.5, 0.6) is 11.5 Å². The number of fused-ring (bicyclic) bond motifs is 1. The molecular formula is C28H36ClN7O3. The van der Waals surface area contributed by atoms with Gasteiger partial charge in [0.2, 0.25) is 0 Å². The zero-order chi connectivity index (χ0) is 26.3. The molecule has 4 N–H and O–H groups in total. The Balaban J connectivity index is 0.00000353. The Bertz CT molecular complexity index is 1380. The molecule has 1 aliphatic rings. The number of imidazole rings is 1. The zero-order valence-electron chi connectivity index (χ0n) is 21.9. The highest BCUT2D eigenvalue weighted by Crippen LogP contribution is 2.29. The van der Waals surface area contributed by atoms with E-state index in [1.165, 1.54) is 6.33 Å². The number of benzene rings is 2. The number of likely N-dealkylation sites (tertiary alicyclic amines) is 1. The Morgan fingerprint density at radius 2 is 1.62 bits per heavy atom. The number of piperidine rings is 1. The van der Waals surface area contributed by atoms with Crippen LogP contribution in [0.4, 0.5) is 5.82 Å². The van der Waals surface area contributed by atoms with Crippen LogP contribution in [0.25, 0.3) is 16.9 Å². The number of rotatable bonds is 11. The molecule has 11 heteroatoms. The number of anilines is 1. The van der Waals surface area contributed by atoms with E-state index < -0.39 is 0 Å². The van der Waals surface area contributed by atoms with E-state index in [1.54, 1.807) is 9.13 Å². The Kier molecular flexibility index (Phi) is 9.94. The molecule has 2 aromatic heterocycles. The largest absolute Gasteiger partial charge is 0.457 e. The van der Waals surface area contributed by atoms with Crippen LogP contribution in [0.3, 0.4) is 0 Å². The van der Waals surface area contributed by atoms with Crippen molar-refractivity contribution in [3.05, 3.63) is 71.4 Å². The molecule has 39 heavy (non-hydrogen) atoms. The summed E-state index contributed by atoms with van der Waals surface area (Å²) >= 11 is 0. The normalized spacial score (nSPS) is 14.4. The monoisotopic (exact) mass is 553 g/mol. The predicted octanol–water partition coefficient (Wildman–Crippen LogP) is 3.77. The molecule has 0 aliphatic carbocycles. The number of para-hydroxylation sites is 1. The summed E-state index contributed by atoms with van der Waals surface area (Å²) in [5, 5.41) is 0. The van der Waals surface area contributed by atoms with Crippen molar-refractivity contribution in [2.24, 2.45) is 5.73 Å². The fraction of sp³-hybridized carbons (Fsp3) is 0.393. The van der Waals surface area contributed by atoms with Crippen molar-refractivity contribution in [1.82, 2.24) is 24.0 Å². The van der Waals surface area contributed by atoms with Gasteiger partial charge in [-0.2, -0.15) is 0 Å². The van der Waals surface area contributed by atoms with Crippen LogP contribution < -0.4 is 21.9 Å². The Labute approximate surface area is 234 Å². The third kappa shape index (κ3) is 6.59. The van der Waals surface area contributed by atoms with Gasteiger partial charge in [0.05, 0.1) is 5.69 Å². The van der Waals surface area contributed by atoms with Gasteiger partial charge in [-0.25, -0.2) is 14.8 Å². The first-order valence-corrected chi connectivity index (χ1v) is 13.2. The van der Waals surface area contributed by atoms with Crippen LogP contribution >= 0.6 is 12.4 Å². The van der Waals surface area contributed by atoms with Gasteiger partial charge >= 0.3 is 5.69 Å². The minimum absolute atomic E-state index is 0. The van der Waals surface area contributed by atoms with Gasteiger partial charge in [0.25, 0.3) is 0 Å². The van der Waals surface area contributed by atoms with Gasteiger partial charge in [-0.3, -0.25) is 9.13 Å². The molecule has 0 spiro atoms. The van der Waals surface area contributed by atoms with E-state index in [1.807, 2.05) is 54.6 Å². The lowest BCUT2D eigenvalue weighted by Gasteiger charge is -2.32. The van der Waals surface area contributed by atoms with Crippen LogP contribution in [-0.4, -0.2) is 63.4 Å². The highest BCUT2D eigenvalue weighted by Gasteiger charge is 2.27. The second-order valence-corrected chi connectivity index (χ2v) is 9.51. The van der Waals surface area contributed by atoms with Crippen molar-refractivity contribution in [2.75, 3.05) is 45.1 Å². The van der Waals surface area contributed by atoms with Crippen molar-refractivity contribution in [2.45, 2.75) is 31.7 Å². The summed E-state index contributed by atoms with van der Waals surface area (Å²) in [5.41, 5.74) is 13.4. The third-order valence-electron chi connectivity index (χ3n) is 6.93. The molecule has 208 valence electrons. The molecule has 0 unspecified atom stereocenters. The highest BCUT2D eigenvalue weighted by atomic mass is 35.5. The molecule has 1 fully saturated rings.